The van der Waals surface area contributed by atoms with Crippen LogP contribution in [-0.4, -0.2) is 45.9 Å². The van der Waals surface area contributed by atoms with Crippen molar-refractivity contribution in [2.24, 2.45) is 0 Å². The SMILES string of the molecule is O=C(NC1COCC1n1nc2c(cc1=O)CSCC2)c1onc2c1CCCC2. The van der Waals surface area contributed by atoms with E-state index in [1.807, 2.05) is 11.8 Å². The highest BCUT2D eigenvalue weighted by Gasteiger charge is 2.35. The van der Waals surface area contributed by atoms with Crippen LogP contribution in [0.2, 0.25) is 0 Å². The van der Waals surface area contributed by atoms with E-state index in [1.165, 1.54) is 4.68 Å². The summed E-state index contributed by atoms with van der Waals surface area (Å²) in [6.45, 7) is 0.688. The third-order valence-electron chi connectivity index (χ3n) is 5.71. The van der Waals surface area contributed by atoms with Crippen LogP contribution in [0.25, 0.3) is 0 Å². The lowest BCUT2D eigenvalue weighted by molar-refractivity contribution is 0.0886. The predicted octanol–water partition coefficient (Wildman–Crippen LogP) is 1.27. The zero-order valence-electron chi connectivity index (χ0n) is 15.5. The quantitative estimate of drug-likeness (QED) is 0.825. The molecule has 4 heterocycles. The van der Waals surface area contributed by atoms with Gasteiger partial charge in [-0.2, -0.15) is 16.9 Å². The average molecular weight is 402 g/mol. The summed E-state index contributed by atoms with van der Waals surface area (Å²) in [5, 5.41) is 11.7. The first-order valence-corrected chi connectivity index (χ1v) is 10.9. The summed E-state index contributed by atoms with van der Waals surface area (Å²) in [6, 6.07) is 1.02. The van der Waals surface area contributed by atoms with Gasteiger partial charge in [0.2, 0.25) is 5.76 Å². The minimum atomic E-state index is -0.335. The highest BCUT2D eigenvalue weighted by atomic mass is 32.2. The van der Waals surface area contributed by atoms with Crippen molar-refractivity contribution in [1.29, 1.82) is 0 Å². The highest BCUT2D eigenvalue weighted by molar-refractivity contribution is 7.98. The number of aromatic nitrogens is 3. The molecule has 148 valence electrons. The van der Waals surface area contributed by atoms with E-state index in [4.69, 9.17) is 9.26 Å². The fourth-order valence-corrected chi connectivity index (χ4v) is 5.14. The lowest BCUT2D eigenvalue weighted by Crippen LogP contribution is -2.44. The fourth-order valence-electron chi connectivity index (χ4n) is 4.19. The van der Waals surface area contributed by atoms with Gasteiger partial charge in [-0.15, -0.1) is 0 Å². The van der Waals surface area contributed by atoms with Crippen LogP contribution < -0.4 is 10.9 Å². The van der Waals surface area contributed by atoms with Crippen LogP contribution >= 0.6 is 11.8 Å². The summed E-state index contributed by atoms with van der Waals surface area (Å²) in [7, 11) is 0. The van der Waals surface area contributed by atoms with Crippen molar-refractivity contribution >= 4 is 17.7 Å². The smallest absolute Gasteiger partial charge is 0.290 e. The normalized spacial score (nSPS) is 23.9. The first-order valence-electron chi connectivity index (χ1n) is 9.76. The summed E-state index contributed by atoms with van der Waals surface area (Å²) in [5.41, 5.74) is 3.65. The summed E-state index contributed by atoms with van der Waals surface area (Å²) in [5.74, 6) is 1.84. The third-order valence-corrected chi connectivity index (χ3v) is 6.72. The fraction of sp³-hybridized carbons (Fsp3) is 0.579. The summed E-state index contributed by atoms with van der Waals surface area (Å²) in [4.78, 5) is 25.4. The van der Waals surface area contributed by atoms with Crippen LogP contribution in [0.4, 0.5) is 0 Å². The number of nitrogens with zero attached hydrogens (tertiary/aromatic N) is 3. The van der Waals surface area contributed by atoms with E-state index in [0.29, 0.717) is 19.0 Å². The Morgan fingerprint density at radius 1 is 1.21 bits per heavy atom. The monoisotopic (exact) mass is 402 g/mol. The van der Waals surface area contributed by atoms with E-state index < -0.39 is 0 Å². The molecule has 1 N–H and O–H groups in total. The van der Waals surface area contributed by atoms with Gasteiger partial charge in [-0.1, -0.05) is 5.16 Å². The number of aryl methyl sites for hydroxylation is 2. The summed E-state index contributed by atoms with van der Waals surface area (Å²) in [6.07, 6.45) is 4.64. The number of nitrogens with one attached hydrogen (secondary N) is 1. The lowest BCUT2D eigenvalue weighted by atomic mass is 9.96. The van der Waals surface area contributed by atoms with Gasteiger partial charge in [0.15, 0.2) is 0 Å². The van der Waals surface area contributed by atoms with Gasteiger partial charge < -0.3 is 14.6 Å². The number of thioether (sulfide) groups is 1. The molecule has 0 bridgehead atoms. The summed E-state index contributed by atoms with van der Waals surface area (Å²) < 4.78 is 12.4. The van der Waals surface area contributed by atoms with E-state index in [2.05, 4.69) is 15.6 Å². The van der Waals surface area contributed by atoms with E-state index in [0.717, 1.165) is 66.1 Å². The van der Waals surface area contributed by atoms with Crippen LogP contribution in [0.3, 0.4) is 0 Å². The number of carbonyl (C=O) groups is 1. The van der Waals surface area contributed by atoms with Crippen molar-refractivity contribution in [3.05, 3.63) is 44.7 Å². The lowest BCUT2D eigenvalue weighted by Gasteiger charge is -2.22. The highest BCUT2D eigenvalue weighted by Crippen LogP contribution is 2.26. The van der Waals surface area contributed by atoms with Gasteiger partial charge in [-0.3, -0.25) is 9.59 Å². The van der Waals surface area contributed by atoms with Crippen LogP contribution in [0.15, 0.2) is 15.4 Å². The molecule has 1 fully saturated rings. The zero-order chi connectivity index (χ0) is 19.1. The maximum Gasteiger partial charge on any atom is 0.290 e. The molecule has 5 rings (SSSR count). The number of hydrogen-bond donors (Lipinski definition) is 1. The molecule has 0 radical (unpaired) electrons. The summed E-state index contributed by atoms with van der Waals surface area (Å²) >= 11 is 1.82. The van der Waals surface area contributed by atoms with E-state index in [-0.39, 0.29) is 23.6 Å². The number of rotatable bonds is 3. The molecule has 2 aliphatic heterocycles. The van der Waals surface area contributed by atoms with Gasteiger partial charge in [0.05, 0.1) is 30.6 Å². The molecule has 2 aromatic heterocycles. The second-order valence-electron chi connectivity index (χ2n) is 7.53. The molecule has 0 spiro atoms. The van der Waals surface area contributed by atoms with Crippen LogP contribution in [0, 0.1) is 0 Å². The van der Waals surface area contributed by atoms with Crippen LogP contribution in [-0.2, 0) is 29.8 Å². The number of carbonyl (C=O) groups excluding carboxylic acids is 1. The molecular weight excluding hydrogens is 380 g/mol. The van der Waals surface area contributed by atoms with Gasteiger partial charge in [-0.25, -0.2) is 4.68 Å². The molecule has 8 nitrogen and oxygen atoms in total. The second kappa shape index (κ2) is 7.36. The van der Waals surface area contributed by atoms with Crippen molar-refractivity contribution in [3.63, 3.8) is 0 Å². The minimum Gasteiger partial charge on any atom is -0.377 e. The Labute approximate surface area is 166 Å². The first kappa shape index (κ1) is 17.9. The van der Waals surface area contributed by atoms with Gasteiger partial charge >= 0.3 is 0 Å². The Morgan fingerprint density at radius 2 is 2.11 bits per heavy atom. The third kappa shape index (κ3) is 3.16. The molecule has 1 aliphatic carbocycles. The van der Waals surface area contributed by atoms with Gasteiger partial charge in [-0.05, 0) is 37.0 Å². The molecule has 3 aliphatic rings. The first-order chi connectivity index (χ1) is 13.7. The molecule has 9 heteroatoms. The van der Waals surface area contributed by atoms with Crippen LogP contribution in [0.1, 0.15) is 52.0 Å². The van der Waals surface area contributed by atoms with Gasteiger partial charge in [0.1, 0.15) is 6.04 Å². The number of ether oxygens (including phenoxy) is 1. The van der Waals surface area contributed by atoms with Gasteiger partial charge in [0, 0.05) is 23.8 Å². The topological polar surface area (TPSA) is 99.2 Å². The molecule has 2 unspecified atom stereocenters. The molecular formula is C19H22N4O4S. The largest absolute Gasteiger partial charge is 0.377 e. The Morgan fingerprint density at radius 3 is 3.04 bits per heavy atom. The Kier molecular flexibility index (Phi) is 4.72. The molecule has 1 saturated heterocycles. The van der Waals surface area contributed by atoms with Crippen molar-refractivity contribution in [2.45, 2.75) is 49.9 Å². The Bertz CT molecular complexity index is 969. The van der Waals surface area contributed by atoms with Crippen LogP contribution in [0.5, 0.6) is 0 Å². The minimum absolute atomic E-state index is 0.145. The second-order valence-corrected chi connectivity index (χ2v) is 8.64. The number of fused-ring (bicyclic) bond motifs is 2. The molecule has 28 heavy (non-hydrogen) atoms. The molecule has 1 amide bonds. The standard InChI is InChI=1S/C19H22N4O4S/c24-17-7-11-10-28-6-5-13(11)21-23(17)16-9-26-8-15(16)20-19(25)18-12-3-1-2-4-14(12)22-27-18/h7,15-16H,1-6,8-10H2,(H,20,25). The molecule has 0 aromatic carbocycles. The molecule has 2 aromatic rings. The van der Waals surface area contributed by atoms with E-state index >= 15 is 0 Å². The number of amides is 1. The van der Waals surface area contributed by atoms with Crippen molar-refractivity contribution in [3.8, 4) is 0 Å². The van der Waals surface area contributed by atoms with Crippen molar-refractivity contribution < 1.29 is 14.1 Å². The van der Waals surface area contributed by atoms with Gasteiger partial charge in [0.25, 0.3) is 11.5 Å². The maximum atomic E-state index is 12.8. The predicted molar refractivity (Wildman–Crippen MR) is 103 cm³/mol. The molecule has 2 atom stereocenters. The Hall–Kier alpha value is -2.13. The van der Waals surface area contributed by atoms with E-state index in [9.17, 15) is 9.59 Å². The van der Waals surface area contributed by atoms with Crippen molar-refractivity contribution in [1.82, 2.24) is 20.3 Å². The van der Waals surface area contributed by atoms with Crippen molar-refractivity contribution in [2.75, 3.05) is 19.0 Å². The van der Waals surface area contributed by atoms with E-state index in [1.54, 1.807) is 6.07 Å². The Balaban J connectivity index is 1.38. The zero-order valence-corrected chi connectivity index (χ0v) is 16.3. The maximum absolute atomic E-state index is 12.8. The molecule has 0 saturated carbocycles. The average Bonchev–Trinajstić information content (AvgIpc) is 3.34. The number of hydrogen-bond acceptors (Lipinski definition) is 7.